The quantitative estimate of drug-likeness (QED) is 0.825. The van der Waals surface area contributed by atoms with Gasteiger partial charge in [-0.2, -0.15) is 9.40 Å². The van der Waals surface area contributed by atoms with Crippen LogP contribution in [0.25, 0.3) is 0 Å². The third-order valence-electron chi connectivity index (χ3n) is 4.32. The van der Waals surface area contributed by atoms with Gasteiger partial charge in [-0.3, -0.25) is 5.10 Å². The fourth-order valence-corrected chi connectivity index (χ4v) is 4.29. The minimum absolute atomic E-state index is 0.151. The SMILES string of the molecule is Cc1[nH]nc(CNC2CC2)c1S(=O)(=O)N(C)C1CCC1. The van der Waals surface area contributed by atoms with Crippen LogP contribution in [0.3, 0.4) is 0 Å². The lowest BCUT2D eigenvalue weighted by atomic mass is 9.94. The Hall–Kier alpha value is -0.920. The predicted molar refractivity (Wildman–Crippen MR) is 75.8 cm³/mol. The summed E-state index contributed by atoms with van der Waals surface area (Å²) < 4.78 is 27.1. The molecule has 0 bridgehead atoms. The summed E-state index contributed by atoms with van der Waals surface area (Å²) in [7, 11) is -1.76. The average Bonchev–Trinajstić information content (AvgIpc) is 3.07. The lowest BCUT2D eigenvalue weighted by Crippen LogP contribution is -2.41. The molecule has 1 aromatic rings. The Morgan fingerprint density at radius 2 is 2.05 bits per heavy atom. The van der Waals surface area contributed by atoms with E-state index in [-0.39, 0.29) is 6.04 Å². The fraction of sp³-hybridized carbons (Fsp3) is 0.769. The number of hydrogen-bond acceptors (Lipinski definition) is 4. The fourth-order valence-electron chi connectivity index (χ4n) is 2.55. The Balaban J connectivity index is 1.84. The van der Waals surface area contributed by atoms with Crippen LogP contribution in [0.2, 0.25) is 0 Å². The molecule has 6 nitrogen and oxygen atoms in total. The molecule has 0 amide bonds. The van der Waals surface area contributed by atoms with Crippen molar-refractivity contribution in [2.45, 2.75) is 62.6 Å². The molecule has 0 saturated heterocycles. The molecular formula is C13H22N4O2S. The van der Waals surface area contributed by atoms with Crippen molar-refractivity contribution in [3.63, 3.8) is 0 Å². The standard InChI is InChI=1S/C13H22N4O2S/c1-9-13(12(16-15-9)8-14-10-6-7-10)20(18,19)17(2)11-4-3-5-11/h10-11,14H,3-8H2,1-2H3,(H,15,16). The molecule has 0 spiro atoms. The van der Waals surface area contributed by atoms with E-state index < -0.39 is 10.0 Å². The maximum atomic E-state index is 12.8. The maximum Gasteiger partial charge on any atom is 0.246 e. The van der Waals surface area contributed by atoms with Crippen molar-refractivity contribution in [3.05, 3.63) is 11.4 Å². The average molecular weight is 298 g/mol. The second-order valence-corrected chi connectivity index (χ2v) is 7.82. The van der Waals surface area contributed by atoms with Gasteiger partial charge in [0.2, 0.25) is 10.0 Å². The minimum Gasteiger partial charge on any atom is -0.308 e. The Bertz CT molecular complexity index is 588. The van der Waals surface area contributed by atoms with E-state index in [1.54, 1.807) is 14.0 Å². The van der Waals surface area contributed by atoms with Crippen molar-refractivity contribution in [2.75, 3.05) is 7.05 Å². The summed E-state index contributed by atoms with van der Waals surface area (Å²) in [6.45, 7) is 2.29. The highest BCUT2D eigenvalue weighted by atomic mass is 32.2. The molecule has 2 aliphatic carbocycles. The van der Waals surface area contributed by atoms with Crippen LogP contribution in [-0.4, -0.2) is 42.1 Å². The summed E-state index contributed by atoms with van der Waals surface area (Å²) in [5, 5.41) is 10.3. The van der Waals surface area contributed by atoms with E-state index in [4.69, 9.17) is 0 Å². The molecule has 1 heterocycles. The molecule has 2 saturated carbocycles. The van der Waals surface area contributed by atoms with E-state index in [2.05, 4.69) is 15.5 Å². The van der Waals surface area contributed by atoms with Gasteiger partial charge in [-0.05, 0) is 32.6 Å². The first-order valence-corrected chi connectivity index (χ1v) is 8.69. The predicted octanol–water partition coefficient (Wildman–Crippen LogP) is 1.14. The molecule has 2 N–H and O–H groups in total. The van der Waals surface area contributed by atoms with Gasteiger partial charge in [0.15, 0.2) is 0 Å². The molecule has 0 radical (unpaired) electrons. The van der Waals surface area contributed by atoms with E-state index in [9.17, 15) is 8.42 Å². The molecule has 112 valence electrons. The third-order valence-corrected chi connectivity index (χ3v) is 6.44. The second kappa shape index (κ2) is 5.13. The number of aromatic nitrogens is 2. The highest BCUT2D eigenvalue weighted by Gasteiger charge is 2.35. The van der Waals surface area contributed by atoms with Gasteiger partial charge in [0.05, 0.1) is 11.4 Å². The first-order valence-electron chi connectivity index (χ1n) is 7.25. The van der Waals surface area contributed by atoms with Crippen molar-refractivity contribution < 1.29 is 8.42 Å². The van der Waals surface area contributed by atoms with Crippen LogP contribution in [0.4, 0.5) is 0 Å². The molecule has 7 heteroatoms. The van der Waals surface area contributed by atoms with Crippen molar-refractivity contribution in [1.29, 1.82) is 0 Å². The number of H-pyrrole nitrogens is 1. The first-order chi connectivity index (χ1) is 9.50. The smallest absolute Gasteiger partial charge is 0.246 e. The number of hydrogen-bond donors (Lipinski definition) is 2. The molecule has 0 atom stereocenters. The normalized spacial score (nSPS) is 20.4. The van der Waals surface area contributed by atoms with E-state index in [0.717, 1.165) is 19.3 Å². The van der Waals surface area contributed by atoms with Crippen LogP contribution in [0, 0.1) is 6.92 Å². The molecule has 2 aliphatic rings. The molecule has 20 heavy (non-hydrogen) atoms. The van der Waals surface area contributed by atoms with Crippen LogP contribution in [-0.2, 0) is 16.6 Å². The molecule has 3 rings (SSSR count). The van der Waals surface area contributed by atoms with Gasteiger partial charge in [-0.15, -0.1) is 0 Å². The second-order valence-electron chi connectivity index (χ2n) is 5.89. The zero-order valence-corrected chi connectivity index (χ0v) is 12.8. The molecule has 0 unspecified atom stereocenters. The van der Waals surface area contributed by atoms with Crippen molar-refractivity contribution in [3.8, 4) is 0 Å². The summed E-state index contributed by atoms with van der Waals surface area (Å²) in [5.74, 6) is 0. The van der Waals surface area contributed by atoms with Crippen LogP contribution in [0.1, 0.15) is 43.5 Å². The van der Waals surface area contributed by atoms with Crippen LogP contribution in [0.15, 0.2) is 4.90 Å². The van der Waals surface area contributed by atoms with Gasteiger partial charge in [-0.1, -0.05) is 6.42 Å². The summed E-state index contributed by atoms with van der Waals surface area (Å²) in [4.78, 5) is 0.361. The van der Waals surface area contributed by atoms with E-state index in [0.29, 0.717) is 28.9 Å². The van der Waals surface area contributed by atoms with Gasteiger partial charge in [-0.25, -0.2) is 8.42 Å². The monoisotopic (exact) mass is 298 g/mol. The molecule has 0 aliphatic heterocycles. The maximum absolute atomic E-state index is 12.8. The largest absolute Gasteiger partial charge is 0.308 e. The summed E-state index contributed by atoms with van der Waals surface area (Å²) >= 11 is 0. The summed E-state index contributed by atoms with van der Waals surface area (Å²) in [6.07, 6.45) is 5.39. The van der Waals surface area contributed by atoms with Crippen LogP contribution < -0.4 is 5.32 Å². The highest BCUT2D eigenvalue weighted by Crippen LogP contribution is 2.30. The van der Waals surface area contributed by atoms with E-state index in [1.807, 2.05) is 0 Å². The molecule has 0 aromatic carbocycles. The minimum atomic E-state index is -3.44. The van der Waals surface area contributed by atoms with Gasteiger partial charge < -0.3 is 5.32 Å². The van der Waals surface area contributed by atoms with Gasteiger partial charge in [0.25, 0.3) is 0 Å². The highest BCUT2D eigenvalue weighted by molar-refractivity contribution is 7.89. The number of aromatic amines is 1. The van der Waals surface area contributed by atoms with Gasteiger partial charge in [0.1, 0.15) is 4.90 Å². The van der Waals surface area contributed by atoms with Crippen LogP contribution >= 0.6 is 0 Å². The number of rotatable bonds is 6. The first kappa shape index (κ1) is 14.0. The number of aryl methyl sites for hydroxylation is 1. The Labute approximate surface area is 120 Å². The lowest BCUT2D eigenvalue weighted by Gasteiger charge is -2.33. The van der Waals surface area contributed by atoms with Crippen molar-refractivity contribution in [1.82, 2.24) is 19.8 Å². The zero-order valence-electron chi connectivity index (χ0n) is 12.0. The van der Waals surface area contributed by atoms with Crippen LogP contribution in [0.5, 0.6) is 0 Å². The van der Waals surface area contributed by atoms with E-state index in [1.165, 1.54) is 17.1 Å². The third kappa shape index (κ3) is 2.49. The zero-order chi connectivity index (χ0) is 14.3. The Kier molecular flexibility index (Phi) is 3.60. The molecular weight excluding hydrogens is 276 g/mol. The number of sulfonamides is 1. The van der Waals surface area contributed by atoms with E-state index >= 15 is 0 Å². The van der Waals surface area contributed by atoms with Crippen molar-refractivity contribution >= 4 is 10.0 Å². The molecule has 2 fully saturated rings. The van der Waals surface area contributed by atoms with Crippen molar-refractivity contribution in [2.24, 2.45) is 0 Å². The van der Waals surface area contributed by atoms with Gasteiger partial charge >= 0.3 is 0 Å². The number of nitrogens with one attached hydrogen (secondary N) is 2. The summed E-state index contributed by atoms with van der Waals surface area (Å²) in [5.41, 5.74) is 1.24. The summed E-state index contributed by atoms with van der Waals surface area (Å²) in [6, 6.07) is 0.686. The molecule has 1 aromatic heterocycles. The topological polar surface area (TPSA) is 78.1 Å². The lowest BCUT2D eigenvalue weighted by molar-refractivity contribution is 0.249. The Morgan fingerprint density at radius 3 is 2.60 bits per heavy atom. The number of nitrogens with zero attached hydrogens (tertiary/aromatic N) is 2. The Morgan fingerprint density at radius 1 is 1.35 bits per heavy atom. The van der Waals surface area contributed by atoms with Gasteiger partial charge in [0, 0.05) is 25.7 Å².